The first-order valence-electron chi connectivity index (χ1n) is 4.71. The number of hydrogen-bond acceptors (Lipinski definition) is 0. The van der Waals surface area contributed by atoms with Crippen LogP contribution in [0.15, 0.2) is 24.3 Å². The van der Waals surface area contributed by atoms with Crippen molar-refractivity contribution in [2.24, 2.45) is 23.7 Å². The van der Waals surface area contributed by atoms with Gasteiger partial charge in [-0.2, -0.15) is 0 Å². The van der Waals surface area contributed by atoms with Gasteiger partial charge in [-0.1, -0.05) is 24.3 Å². The van der Waals surface area contributed by atoms with Crippen LogP contribution in [0.4, 0.5) is 0 Å². The minimum Gasteiger partial charge on any atom is -0.0990 e. The Balaban J connectivity index is 2.10. The third kappa shape index (κ3) is 0.654. The minimum atomic E-state index is 0.762. The van der Waals surface area contributed by atoms with Gasteiger partial charge in [0.15, 0.2) is 0 Å². The second-order valence-electron chi connectivity index (χ2n) is 4.39. The first-order valence-corrected chi connectivity index (χ1v) is 4.71. The van der Waals surface area contributed by atoms with Gasteiger partial charge in [-0.3, -0.25) is 0 Å². The summed E-state index contributed by atoms with van der Waals surface area (Å²) in [7, 11) is 0. The van der Waals surface area contributed by atoms with Crippen molar-refractivity contribution in [2.45, 2.75) is 19.3 Å². The van der Waals surface area contributed by atoms with Crippen molar-refractivity contribution < 1.29 is 0 Å². The van der Waals surface area contributed by atoms with Gasteiger partial charge in [0.25, 0.3) is 0 Å². The molecule has 0 saturated heterocycles. The fourth-order valence-electron chi connectivity index (χ4n) is 3.23. The highest BCUT2D eigenvalue weighted by Gasteiger charge is 2.43. The van der Waals surface area contributed by atoms with Gasteiger partial charge >= 0.3 is 0 Å². The normalized spacial score (nSPS) is 52.2. The van der Waals surface area contributed by atoms with E-state index in [2.05, 4.69) is 18.7 Å². The molecule has 3 aliphatic rings. The fourth-order valence-corrected chi connectivity index (χ4v) is 3.23. The summed E-state index contributed by atoms with van der Waals surface area (Å²) in [6.07, 6.45) is 9.14. The van der Waals surface area contributed by atoms with Gasteiger partial charge in [0.05, 0.1) is 0 Å². The Labute approximate surface area is 68.0 Å². The number of rotatable bonds is 0. The Hall–Kier alpha value is -0.520. The monoisotopic (exact) mass is 146 g/mol. The Morgan fingerprint density at radius 3 is 3.00 bits per heavy atom. The van der Waals surface area contributed by atoms with Crippen LogP contribution in [-0.2, 0) is 0 Å². The van der Waals surface area contributed by atoms with Crippen LogP contribution < -0.4 is 0 Å². The van der Waals surface area contributed by atoms with Gasteiger partial charge in [0.2, 0.25) is 0 Å². The van der Waals surface area contributed by atoms with Crippen molar-refractivity contribution in [3.05, 3.63) is 24.3 Å². The highest BCUT2D eigenvalue weighted by molar-refractivity contribution is 5.25. The summed E-state index contributed by atoms with van der Waals surface area (Å²) in [4.78, 5) is 0. The van der Waals surface area contributed by atoms with Crippen LogP contribution in [0.25, 0.3) is 0 Å². The van der Waals surface area contributed by atoms with Crippen LogP contribution in [0, 0.1) is 23.7 Å². The molecule has 0 aromatic carbocycles. The SMILES string of the molecule is C=C1C2C=CC3CC1CC3C2. The molecule has 0 spiro atoms. The Kier molecular flexibility index (Phi) is 0.988. The maximum Gasteiger partial charge on any atom is -0.00202 e. The van der Waals surface area contributed by atoms with Crippen molar-refractivity contribution in [1.29, 1.82) is 0 Å². The first kappa shape index (κ1) is 6.05. The van der Waals surface area contributed by atoms with Crippen LogP contribution in [0.5, 0.6) is 0 Å². The molecular weight excluding hydrogens is 132 g/mol. The predicted octanol–water partition coefficient (Wildman–Crippen LogP) is 2.77. The van der Waals surface area contributed by atoms with E-state index in [1.807, 2.05) is 0 Å². The predicted molar refractivity (Wildman–Crippen MR) is 46.1 cm³/mol. The van der Waals surface area contributed by atoms with Crippen molar-refractivity contribution in [3.8, 4) is 0 Å². The van der Waals surface area contributed by atoms with Gasteiger partial charge in [0.1, 0.15) is 0 Å². The minimum absolute atomic E-state index is 0.762. The van der Waals surface area contributed by atoms with E-state index in [9.17, 15) is 0 Å². The summed E-state index contributed by atoms with van der Waals surface area (Å²) in [5.74, 6) is 3.60. The quantitative estimate of drug-likeness (QED) is 0.461. The second-order valence-corrected chi connectivity index (χ2v) is 4.39. The summed E-state index contributed by atoms with van der Waals surface area (Å²) < 4.78 is 0. The molecule has 2 fully saturated rings. The fraction of sp³-hybridized carbons (Fsp3) is 0.636. The van der Waals surface area contributed by atoms with Crippen molar-refractivity contribution in [2.75, 3.05) is 0 Å². The largest absolute Gasteiger partial charge is 0.0990 e. The molecule has 0 aromatic heterocycles. The molecule has 2 saturated carbocycles. The average molecular weight is 146 g/mol. The average Bonchev–Trinajstić information content (AvgIpc) is 2.33. The Morgan fingerprint density at radius 1 is 1.18 bits per heavy atom. The second kappa shape index (κ2) is 1.80. The lowest BCUT2D eigenvalue weighted by Gasteiger charge is -2.31. The molecule has 0 aromatic rings. The molecule has 58 valence electrons. The maximum absolute atomic E-state index is 4.22. The summed E-state index contributed by atoms with van der Waals surface area (Å²) in [6, 6.07) is 0. The van der Waals surface area contributed by atoms with E-state index in [0.29, 0.717) is 0 Å². The first-order chi connectivity index (χ1) is 5.34. The van der Waals surface area contributed by atoms with Gasteiger partial charge < -0.3 is 0 Å². The van der Waals surface area contributed by atoms with Gasteiger partial charge in [0, 0.05) is 0 Å². The van der Waals surface area contributed by atoms with E-state index < -0.39 is 0 Å². The van der Waals surface area contributed by atoms with Crippen molar-refractivity contribution >= 4 is 0 Å². The molecule has 4 atom stereocenters. The Morgan fingerprint density at radius 2 is 2.09 bits per heavy atom. The molecule has 3 aliphatic carbocycles. The van der Waals surface area contributed by atoms with Gasteiger partial charge in [-0.25, -0.2) is 0 Å². The van der Waals surface area contributed by atoms with Crippen molar-refractivity contribution in [3.63, 3.8) is 0 Å². The van der Waals surface area contributed by atoms with E-state index in [1.54, 1.807) is 0 Å². The summed E-state index contributed by atoms with van der Waals surface area (Å²) >= 11 is 0. The molecule has 3 bridgehead atoms. The highest BCUT2D eigenvalue weighted by Crippen LogP contribution is 2.54. The van der Waals surface area contributed by atoms with E-state index in [0.717, 1.165) is 23.7 Å². The van der Waals surface area contributed by atoms with Gasteiger partial charge in [-0.15, -0.1) is 0 Å². The van der Waals surface area contributed by atoms with Crippen LogP contribution in [0.2, 0.25) is 0 Å². The molecule has 0 amide bonds. The maximum atomic E-state index is 4.22. The van der Waals surface area contributed by atoms with Crippen LogP contribution in [0.3, 0.4) is 0 Å². The smallest absolute Gasteiger partial charge is 0.00202 e. The third-order valence-corrected chi connectivity index (χ3v) is 3.90. The van der Waals surface area contributed by atoms with Crippen LogP contribution in [-0.4, -0.2) is 0 Å². The lowest BCUT2D eigenvalue weighted by atomic mass is 9.74. The van der Waals surface area contributed by atoms with E-state index in [1.165, 1.54) is 24.8 Å². The molecule has 0 radical (unpaired) electrons. The zero-order valence-electron chi connectivity index (χ0n) is 6.79. The molecule has 11 heavy (non-hydrogen) atoms. The molecular formula is C11H14. The van der Waals surface area contributed by atoms with E-state index in [-0.39, 0.29) is 0 Å². The summed E-state index contributed by atoms with van der Waals surface area (Å²) in [6.45, 7) is 4.22. The standard InChI is InChI=1S/C11H14/c1-7-8-2-3-9-5-10(7)6-11(9)4-8/h2-3,8-11H,1,4-6H2. The molecule has 4 unspecified atom stereocenters. The molecule has 0 nitrogen and oxygen atoms in total. The van der Waals surface area contributed by atoms with Gasteiger partial charge in [-0.05, 0) is 42.9 Å². The summed E-state index contributed by atoms with van der Waals surface area (Å²) in [5, 5.41) is 0. The highest BCUT2D eigenvalue weighted by atomic mass is 14.5. The zero-order valence-corrected chi connectivity index (χ0v) is 6.79. The van der Waals surface area contributed by atoms with E-state index >= 15 is 0 Å². The molecule has 0 aliphatic heterocycles. The molecule has 0 heterocycles. The topological polar surface area (TPSA) is 0 Å². The lowest BCUT2D eigenvalue weighted by Crippen LogP contribution is -2.20. The van der Waals surface area contributed by atoms with E-state index in [4.69, 9.17) is 0 Å². The molecule has 3 rings (SSSR count). The van der Waals surface area contributed by atoms with Crippen molar-refractivity contribution in [1.82, 2.24) is 0 Å². The number of hydrogen-bond donors (Lipinski definition) is 0. The lowest BCUT2D eigenvalue weighted by molar-refractivity contribution is 0.339. The number of allylic oxidation sites excluding steroid dienone is 3. The summed E-state index contributed by atoms with van der Waals surface area (Å²) in [5.41, 5.74) is 1.54. The molecule has 0 heteroatoms. The van der Waals surface area contributed by atoms with Crippen LogP contribution >= 0.6 is 0 Å². The Bertz CT molecular complexity index is 236. The molecule has 0 N–H and O–H groups in total. The number of fused-ring (bicyclic) bond motifs is 2. The third-order valence-electron chi connectivity index (χ3n) is 3.90. The zero-order chi connectivity index (χ0) is 7.42. The van der Waals surface area contributed by atoms with Crippen LogP contribution in [0.1, 0.15) is 19.3 Å².